The molecule has 2 aromatic carbocycles. The van der Waals surface area contributed by atoms with Crippen LogP contribution in [0.4, 0.5) is 4.39 Å². The fourth-order valence-electron chi connectivity index (χ4n) is 2.16. The van der Waals surface area contributed by atoms with E-state index in [1.54, 1.807) is 12.1 Å². The number of hydrogen-bond acceptors (Lipinski definition) is 0. The van der Waals surface area contributed by atoms with Gasteiger partial charge in [-0.2, -0.15) is 0 Å². The van der Waals surface area contributed by atoms with Crippen LogP contribution in [0.1, 0.15) is 35.9 Å². The molecule has 0 aliphatic rings. The van der Waals surface area contributed by atoms with Gasteiger partial charge in [-0.05, 0) is 41.2 Å². The van der Waals surface area contributed by atoms with E-state index in [-0.39, 0.29) is 10.4 Å². The number of alkyl halides is 1. The maximum absolute atomic E-state index is 13.2. The predicted octanol–water partition coefficient (Wildman–Crippen LogP) is 6.01. The first kappa shape index (κ1) is 15.3. The zero-order chi connectivity index (χ0) is 14.7. The van der Waals surface area contributed by atoms with E-state index in [9.17, 15) is 4.39 Å². The van der Waals surface area contributed by atoms with Gasteiger partial charge in [-0.15, -0.1) is 11.6 Å². The van der Waals surface area contributed by atoms with Gasteiger partial charge in [0, 0.05) is 0 Å². The Morgan fingerprint density at radius 1 is 1.00 bits per heavy atom. The van der Waals surface area contributed by atoms with Crippen LogP contribution in [0.3, 0.4) is 0 Å². The van der Waals surface area contributed by atoms with Gasteiger partial charge in [-0.1, -0.05) is 55.8 Å². The predicted molar refractivity (Wildman–Crippen MR) is 84.1 cm³/mol. The van der Waals surface area contributed by atoms with Crippen LogP contribution in [0.2, 0.25) is 5.02 Å². The maximum Gasteiger partial charge on any atom is 0.141 e. The van der Waals surface area contributed by atoms with E-state index < -0.39 is 5.82 Å². The third-order valence-electron chi connectivity index (χ3n) is 3.15. The second kappa shape index (κ2) is 6.60. The van der Waals surface area contributed by atoms with E-state index >= 15 is 0 Å². The summed E-state index contributed by atoms with van der Waals surface area (Å²) in [4.78, 5) is 0. The Morgan fingerprint density at radius 3 is 2.15 bits per heavy atom. The van der Waals surface area contributed by atoms with E-state index in [1.807, 2.05) is 12.1 Å². The molecule has 106 valence electrons. The summed E-state index contributed by atoms with van der Waals surface area (Å²) >= 11 is 12.2. The Hall–Kier alpha value is -1.05. The number of hydrogen-bond donors (Lipinski definition) is 0. The normalized spacial score (nSPS) is 12.7. The highest BCUT2D eigenvalue weighted by Crippen LogP contribution is 2.31. The van der Waals surface area contributed by atoms with Crippen LogP contribution in [0.25, 0.3) is 0 Å². The number of benzene rings is 2. The van der Waals surface area contributed by atoms with Crippen molar-refractivity contribution in [3.63, 3.8) is 0 Å². The lowest BCUT2D eigenvalue weighted by Gasteiger charge is -2.12. The molecule has 0 amide bonds. The summed E-state index contributed by atoms with van der Waals surface area (Å²) < 4.78 is 13.2. The van der Waals surface area contributed by atoms with Crippen LogP contribution < -0.4 is 0 Å². The summed E-state index contributed by atoms with van der Waals surface area (Å²) in [6.45, 7) is 4.39. The molecule has 0 heterocycles. The molecule has 0 aliphatic carbocycles. The average molecular weight is 311 g/mol. The minimum Gasteiger partial charge on any atom is -0.205 e. The Kier molecular flexibility index (Phi) is 5.06. The SMILES string of the molecule is CC(C)Cc1ccc(C(Cl)c2ccc(F)c(Cl)c2)cc1. The van der Waals surface area contributed by atoms with E-state index in [0.29, 0.717) is 5.92 Å². The summed E-state index contributed by atoms with van der Waals surface area (Å²) in [6, 6.07) is 12.8. The molecule has 1 atom stereocenters. The molecule has 0 radical (unpaired) electrons. The lowest BCUT2D eigenvalue weighted by molar-refractivity contribution is 0.627. The van der Waals surface area contributed by atoms with Crippen molar-refractivity contribution in [3.8, 4) is 0 Å². The molecule has 0 fully saturated rings. The van der Waals surface area contributed by atoms with Gasteiger partial charge in [0.15, 0.2) is 0 Å². The van der Waals surface area contributed by atoms with E-state index in [0.717, 1.165) is 17.5 Å². The van der Waals surface area contributed by atoms with Gasteiger partial charge in [0.2, 0.25) is 0 Å². The van der Waals surface area contributed by atoms with E-state index in [1.165, 1.54) is 11.6 Å². The molecule has 0 nitrogen and oxygen atoms in total. The lowest BCUT2D eigenvalue weighted by atomic mass is 9.99. The summed E-state index contributed by atoms with van der Waals surface area (Å²) in [6.07, 6.45) is 1.05. The number of rotatable bonds is 4. The molecule has 0 aromatic heterocycles. The van der Waals surface area contributed by atoms with Gasteiger partial charge >= 0.3 is 0 Å². The largest absolute Gasteiger partial charge is 0.205 e. The van der Waals surface area contributed by atoms with Crippen molar-refractivity contribution in [1.29, 1.82) is 0 Å². The number of halogens is 3. The standard InChI is InChI=1S/C17H17Cl2F/c1-11(2)9-12-3-5-13(6-4-12)17(19)14-7-8-16(20)15(18)10-14/h3-8,10-11,17H,9H2,1-2H3. The average Bonchev–Trinajstić information content (AvgIpc) is 2.41. The van der Waals surface area contributed by atoms with Gasteiger partial charge in [-0.25, -0.2) is 4.39 Å². The summed E-state index contributed by atoms with van der Waals surface area (Å²) in [7, 11) is 0. The van der Waals surface area contributed by atoms with Crippen LogP contribution >= 0.6 is 23.2 Å². The monoisotopic (exact) mass is 310 g/mol. The fraction of sp³-hybridized carbons (Fsp3) is 0.294. The molecule has 0 saturated carbocycles. The quantitative estimate of drug-likeness (QED) is 0.607. The van der Waals surface area contributed by atoms with Gasteiger partial charge in [0.25, 0.3) is 0 Å². The minimum absolute atomic E-state index is 0.101. The fourth-order valence-corrected chi connectivity index (χ4v) is 2.63. The molecule has 0 saturated heterocycles. The Labute approximate surface area is 129 Å². The highest BCUT2D eigenvalue weighted by Gasteiger charge is 2.12. The smallest absolute Gasteiger partial charge is 0.141 e. The van der Waals surface area contributed by atoms with Crippen molar-refractivity contribution in [1.82, 2.24) is 0 Å². The van der Waals surface area contributed by atoms with Crippen LogP contribution in [-0.2, 0) is 6.42 Å². The first-order valence-electron chi connectivity index (χ1n) is 6.65. The summed E-state index contributed by atoms with van der Waals surface area (Å²) in [5.74, 6) is 0.204. The zero-order valence-electron chi connectivity index (χ0n) is 11.5. The van der Waals surface area contributed by atoms with Crippen molar-refractivity contribution in [3.05, 3.63) is 70.0 Å². The zero-order valence-corrected chi connectivity index (χ0v) is 13.0. The second-order valence-corrected chi connectivity index (χ2v) is 6.22. The molecule has 0 spiro atoms. The molecular formula is C17H17Cl2F. The molecule has 0 N–H and O–H groups in total. The molecule has 2 aromatic rings. The van der Waals surface area contributed by atoms with Crippen molar-refractivity contribution in [2.75, 3.05) is 0 Å². The molecule has 1 unspecified atom stereocenters. The van der Waals surface area contributed by atoms with Crippen LogP contribution in [0, 0.1) is 11.7 Å². The molecule has 0 bridgehead atoms. The van der Waals surface area contributed by atoms with Crippen LogP contribution in [-0.4, -0.2) is 0 Å². The first-order chi connectivity index (χ1) is 9.47. The van der Waals surface area contributed by atoms with Crippen molar-refractivity contribution in [2.45, 2.75) is 25.6 Å². The van der Waals surface area contributed by atoms with Crippen LogP contribution in [0.15, 0.2) is 42.5 Å². The third kappa shape index (κ3) is 3.74. The first-order valence-corrected chi connectivity index (χ1v) is 7.46. The third-order valence-corrected chi connectivity index (χ3v) is 3.95. The van der Waals surface area contributed by atoms with Crippen molar-refractivity contribution in [2.24, 2.45) is 5.92 Å². The Morgan fingerprint density at radius 2 is 1.60 bits per heavy atom. The Balaban J connectivity index is 2.20. The van der Waals surface area contributed by atoms with E-state index in [2.05, 4.69) is 26.0 Å². The highest BCUT2D eigenvalue weighted by atomic mass is 35.5. The van der Waals surface area contributed by atoms with Gasteiger partial charge in [0.1, 0.15) is 5.82 Å². The molecule has 2 rings (SSSR count). The Bertz CT molecular complexity index is 576. The maximum atomic E-state index is 13.2. The van der Waals surface area contributed by atoms with Gasteiger partial charge in [0.05, 0.1) is 10.4 Å². The molecular weight excluding hydrogens is 294 g/mol. The molecule has 3 heteroatoms. The van der Waals surface area contributed by atoms with Crippen molar-refractivity contribution < 1.29 is 4.39 Å². The second-order valence-electron chi connectivity index (χ2n) is 5.38. The highest BCUT2D eigenvalue weighted by molar-refractivity contribution is 6.31. The topological polar surface area (TPSA) is 0 Å². The summed E-state index contributed by atoms with van der Waals surface area (Å²) in [5, 5.41) is -0.217. The lowest BCUT2D eigenvalue weighted by Crippen LogP contribution is -1.97. The molecule has 20 heavy (non-hydrogen) atoms. The van der Waals surface area contributed by atoms with Crippen molar-refractivity contribution >= 4 is 23.2 Å². The van der Waals surface area contributed by atoms with Gasteiger partial charge < -0.3 is 0 Å². The van der Waals surface area contributed by atoms with E-state index in [4.69, 9.17) is 23.2 Å². The minimum atomic E-state index is -0.424. The van der Waals surface area contributed by atoms with Gasteiger partial charge in [-0.3, -0.25) is 0 Å². The van der Waals surface area contributed by atoms with Crippen LogP contribution in [0.5, 0.6) is 0 Å². The summed E-state index contributed by atoms with van der Waals surface area (Å²) in [5.41, 5.74) is 3.08. The molecule has 0 aliphatic heterocycles.